The van der Waals surface area contributed by atoms with Gasteiger partial charge in [0.1, 0.15) is 5.82 Å². The average molecular weight is 369 g/mol. The molecule has 3 aromatic rings. The lowest BCUT2D eigenvalue weighted by molar-refractivity contribution is -0.130. The summed E-state index contributed by atoms with van der Waals surface area (Å²) < 4.78 is 5.57. The third-order valence-corrected chi connectivity index (χ3v) is 5.26. The van der Waals surface area contributed by atoms with Crippen LogP contribution in [0.5, 0.6) is 0 Å². The van der Waals surface area contributed by atoms with Gasteiger partial charge in [-0.1, -0.05) is 6.07 Å². The van der Waals surface area contributed by atoms with E-state index in [2.05, 4.69) is 20.1 Å². The van der Waals surface area contributed by atoms with Crippen molar-refractivity contribution in [1.29, 1.82) is 0 Å². The van der Waals surface area contributed by atoms with Gasteiger partial charge in [0, 0.05) is 44.2 Å². The minimum Gasteiger partial charge on any atom is -0.421 e. The quantitative estimate of drug-likeness (QED) is 0.703. The average Bonchev–Trinajstić information content (AvgIpc) is 3.33. The molecule has 0 N–H and O–H groups in total. The molecule has 1 aliphatic rings. The Morgan fingerprint density at radius 1 is 1.19 bits per heavy atom. The van der Waals surface area contributed by atoms with Crippen LogP contribution in [-0.2, 0) is 11.2 Å². The van der Waals surface area contributed by atoms with E-state index in [0.717, 1.165) is 29.3 Å². The van der Waals surface area contributed by atoms with Crippen LogP contribution in [0.4, 0.5) is 5.82 Å². The lowest BCUT2D eigenvalue weighted by atomic mass is 10.2. The smallest absolute Gasteiger partial charge is 0.251 e. The van der Waals surface area contributed by atoms with Crippen molar-refractivity contribution < 1.29 is 9.21 Å². The summed E-state index contributed by atoms with van der Waals surface area (Å²) in [4.78, 5) is 22.2. The summed E-state index contributed by atoms with van der Waals surface area (Å²) in [6.07, 6.45) is 2.24. The Labute approximate surface area is 155 Å². The fraction of sp³-hybridized carbons (Fsp3) is 0.333. The van der Waals surface area contributed by atoms with Crippen molar-refractivity contribution in [3.05, 3.63) is 46.6 Å². The van der Waals surface area contributed by atoms with Crippen LogP contribution in [0.1, 0.15) is 10.8 Å². The number of rotatable bonds is 4. The maximum Gasteiger partial charge on any atom is 0.251 e. The molecule has 134 valence electrons. The van der Waals surface area contributed by atoms with Gasteiger partial charge in [0.05, 0.1) is 12.0 Å². The van der Waals surface area contributed by atoms with Crippen LogP contribution >= 0.6 is 11.3 Å². The van der Waals surface area contributed by atoms with Crippen molar-refractivity contribution in [2.75, 3.05) is 31.1 Å². The summed E-state index contributed by atoms with van der Waals surface area (Å²) in [6.45, 7) is 4.59. The number of anilines is 1. The third-order valence-electron chi connectivity index (χ3n) is 4.38. The van der Waals surface area contributed by atoms with Gasteiger partial charge in [0.25, 0.3) is 5.89 Å². The van der Waals surface area contributed by atoms with Gasteiger partial charge in [0.15, 0.2) is 0 Å². The van der Waals surface area contributed by atoms with Gasteiger partial charge in [0.2, 0.25) is 11.8 Å². The van der Waals surface area contributed by atoms with Crippen LogP contribution in [0.15, 0.2) is 40.3 Å². The Balaban J connectivity index is 1.44. The Kier molecular flexibility index (Phi) is 4.66. The van der Waals surface area contributed by atoms with E-state index in [-0.39, 0.29) is 5.91 Å². The molecule has 4 rings (SSSR count). The SMILES string of the molecule is Cc1nnc(-c2cccnc2N2CCN(C(=O)Cc3cccs3)CC2)o1. The lowest BCUT2D eigenvalue weighted by Crippen LogP contribution is -2.49. The molecule has 0 bridgehead atoms. The summed E-state index contributed by atoms with van der Waals surface area (Å²) in [5.41, 5.74) is 0.825. The standard InChI is InChI=1S/C18H19N5O2S/c1-13-20-21-18(25-13)15-5-2-6-19-17(15)23-9-7-22(8-10-23)16(24)12-14-4-3-11-26-14/h2-6,11H,7-10,12H2,1H3. The molecule has 1 amide bonds. The highest BCUT2D eigenvalue weighted by Gasteiger charge is 2.25. The number of nitrogens with zero attached hydrogens (tertiary/aromatic N) is 5. The van der Waals surface area contributed by atoms with E-state index in [1.54, 1.807) is 24.5 Å². The molecule has 0 aromatic carbocycles. The Hall–Kier alpha value is -2.74. The molecular weight excluding hydrogens is 350 g/mol. The van der Waals surface area contributed by atoms with E-state index in [4.69, 9.17) is 4.42 Å². The van der Waals surface area contributed by atoms with Crippen molar-refractivity contribution >= 4 is 23.1 Å². The van der Waals surface area contributed by atoms with Crippen LogP contribution in [0.3, 0.4) is 0 Å². The molecular formula is C18H19N5O2S. The largest absolute Gasteiger partial charge is 0.421 e. The minimum absolute atomic E-state index is 0.181. The molecule has 7 nitrogen and oxygen atoms in total. The predicted molar refractivity (Wildman–Crippen MR) is 99.1 cm³/mol. The summed E-state index contributed by atoms with van der Waals surface area (Å²) in [6, 6.07) is 7.78. The molecule has 0 radical (unpaired) electrons. The van der Waals surface area contributed by atoms with Gasteiger partial charge in [-0.05, 0) is 23.6 Å². The van der Waals surface area contributed by atoms with Gasteiger partial charge in [-0.25, -0.2) is 4.98 Å². The Morgan fingerprint density at radius 3 is 2.73 bits per heavy atom. The van der Waals surface area contributed by atoms with E-state index >= 15 is 0 Å². The van der Waals surface area contributed by atoms with Crippen LogP contribution in [-0.4, -0.2) is 52.2 Å². The summed E-state index contributed by atoms with van der Waals surface area (Å²) in [7, 11) is 0. The second kappa shape index (κ2) is 7.25. The number of piperazine rings is 1. The molecule has 0 spiro atoms. The molecule has 1 aliphatic heterocycles. The maximum absolute atomic E-state index is 12.5. The molecule has 0 unspecified atom stereocenters. The molecule has 4 heterocycles. The molecule has 0 saturated carbocycles. The number of carbonyl (C=O) groups is 1. The van der Waals surface area contributed by atoms with Gasteiger partial charge in [-0.3, -0.25) is 4.79 Å². The second-order valence-electron chi connectivity index (χ2n) is 6.12. The maximum atomic E-state index is 12.5. The molecule has 3 aromatic heterocycles. The van der Waals surface area contributed by atoms with Crippen molar-refractivity contribution in [3.63, 3.8) is 0 Å². The van der Waals surface area contributed by atoms with E-state index in [1.165, 1.54) is 0 Å². The third kappa shape index (κ3) is 3.45. The first-order chi connectivity index (χ1) is 12.7. The highest BCUT2D eigenvalue weighted by molar-refractivity contribution is 7.10. The molecule has 8 heteroatoms. The second-order valence-corrected chi connectivity index (χ2v) is 7.16. The monoisotopic (exact) mass is 369 g/mol. The normalized spacial score (nSPS) is 14.7. The van der Waals surface area contributed by atoms with Gasteiger partial charge in [-0.2, -0.15) is 0 Å². The van der Waals surface area contributed by atoms with Crippen LogP contribution in [0.25, 0.3) is 11.5 Å². The molecule has 0 aliphatic carbocycles. The number of carbonyl (C=O) groups excluding carboxylic acids is 1. The van der Waals surface area contributed by atoms with E-state index < -0.39 is 0 Å². The highest BCUT2D eigenvalue weighted by Crippen LogP contribution is 2.28. The first-order valence-corrected chi connectivity index (χ1v) is 9.39. The number of hydrogen-bond acceptors (Lipinski definition) is 7. The number of aryl methyl sites for hydroxylation is 1. The van der Waals surface area contributed by atoms with Crippen LogP contribution < -0.4 is 4.90 Å². The summed E-state index contributed by atoms with van der Waals surface area (Å²) in [5, 5.41) is 10.0. The van der Waals surface area contributed by atoms with Gasteiger partial charge in [-0.15, -0.1) is 21.5 Å². The fourth-order valence-electron chi connectivity index (χ4n) is 3.06. The van der Waals surface area contributed by atoms with Crippen molar-refractivity contribution in [1.82, 2.24) is 20.1 Å². The zero-order valence-electron chi connectivity index (χ0n) is 14.5. The molecule has 0 atom stereocenters. The molecule has 1 fully saturated rings. The van der Waals surface area contributed by atoms with Crippen molar-refractivity contribution in [2.45, 2.75) is 13.3 Å². The highest BCUT2D eigenvalue weighted by atomic mass is 32.1. The number of amides is 1. The predicted octanol–water partition coefficient (Wildman–Crippen LogP) is 2.39. The van der Waals surface area contributed by atoms with E-state index in [1.807, 2.05) is 34.5 Å². The van der Waals surface area contributed by atoms with Gasteiger partial charge < -0.3 is 14.2 Å². The van der Waals surface area contributed by atoms with Crippen LogP contribution in [0.2, 0.25) is 0 Å². The number of aromatic nitrogens is 3. The zero-order valence-corrected chi connectivity index (χ0v) is 15.3. The van der Waals surface area contributed by atoms with Crippen molar-refractivity contribution in [3.8, 4) is 11.5 Å². The first-order valence-electron chi connectivity index (χ1n) is 8.51. The lowest BCUT2D eigenvalue weighted by Gasteiger charge is -2.36. The number of thiophene rings is 1. The van der Waals surface area contributed by atoms with Crippen LogP contribution in [0, 0.1) is 6.92 Å². The number of hydrogen-bond donors (Lipinski definition) is 0. The van der Waals surface area contributed by atoms with Gasteiger partial charge >= 0.3 is 0 Å². The van der Waals surface area contributed by atoms with E-state index in [0.29, 0.717) is 31.3 Å². The van der Waals surface area contributed by atoms with Crippen molar-refractivity contribution in [2.24, 2.45) is 0 Å². The Morgan fingerprint density at radius 2 is 2.04 bits per heavy atom. The molecule has 26 heavy (non-hydrogen) atoms. The fourth-order valence-corrected chi connectivity index (χ4v) is 3.76. The topological polar surface area (TPSA) is 75.4 Å². The van der Waals surface area contributed by atoms with E-state index in [9.17, 15) is 4.79 Å². The first kappa shape index (κ1) is 16.7. The summed E-state index contributed by atoms with van der Waals surface area (Å²) >= 11 is 1.62. The number of pyridine rings is 1. The molecule has 1 saturated heterocycles. The minimum atomic E-state index is 0.181. The summed E-state index contributed by atoms with van der Waals surface area (Å²) in [5.74, 6) is 2.00. The Bertz CT molecular complexity index is 885. The zero-order chi connectivity index (χ0) is 17.9.